The summed E-state index contributed by atoms with van der Waals surface area (Å²) in [6.45, 7) is 7.24. The van der Waals surface area contributed by atoms with Crippen molar-refractivity contribution in [3.8, 4) is 0 Å². The van der Waals surface area contributed by atoms with E-state index >= 15 is 0 Å². The lowest BCUT2D eigenvalue weighted by molar-refractivity contribution is -0.123. The topological polar surface area (TPSA) is 96.2 Å². The maximum Gasteiger partial charge on any atom is 0.319 e. The third-order valence-electron chi connectivity index (χ3n) is 2.84. The summed E-state index contributed by atoms with van der Waals surface area (Å²) in [5.74, 6) is -0.218. The summed E-state index contributed by atoms with van der Waals surface area (Å²) < 4.78 is 0. The Morgan fingerprint density at radius 1 is 1.10 bits per heavy atom. The van der Waals surface area contributed by atoms with Gasteiger partial charge in [-0.25, -0.2) is 4.79 Å². The van der Waals surface area contributed by atoms with Gasteiger partial charge < -0.3 is 21.7 Å². The largest absolute Gasteiger partial charge is 0.352 e. The summed E-state index contributed by atoms with van der Waals surface area (Å²) >= 11 is 0. The lowest BCUT2D eigenvalue weighted by Crippen LogP contribution is -2.48. The molecular formula is C15H24N4O2. The van der Waals surface area contributed by atoms with Crippen LogP contribution in [0.15, 0.2) is 24.3 Å². The molecule has 0 aliphatic carbocycles. The van der Waals surface area contributed by atoms with Crippen LogP contribution in [0, 0.1) is 0 Å². The fourth-order valence-corrected chi connectivity index (χ4v) is 1.74. The lowest BCUT2D eigenvalue weighted by atomic mass is 10.1. The molecule has 0 spiro atoms. The van der Waals surface area contributed by atoms with Crippen molar-refractivity contribution in [1.82, 2.24) is 10.6 Å². The molecule has 0 aromatic heterocycles. The number of rotatable bonds is 5. The summed E-state index contributed by atoms with van der Waals surface area (Å²) in [6.07, 6.45) is 0. The molecule has 0 radical (unpaired) electrons. The third-order valence-corrected chi connectivity index (χ3v) is 2.84. The zero-order chi connectivity index (χ0) is 16.0. The molecule has 5 N–H and O–H groups in total. The Morgan fingerprint density at radius 2 is 1.76 bits per heavy atom. The smallest absolute Gasteiger partial charge is 0.319 e. The van der Waals surface area contributed by atoms with Crippen LogP contribution < -0.4 is 21.7 Å². The Kier molecular flexibility index (Phi) is 6.17. The number of nitrogens with two attached hydrogens (primary N) is 1. The number of benzene rings is 1. The second-order valence-corrected chi connectivity index (χ2v) is 5.40. The Hall–Kier alpha value is -2.08. The van der Waals surface area contributed by atoms with Gasteiger partial charge in [0.05, 0.1) is 0 Å². The van der Waals surface area contributed by atoms with Crippen LogP contribution in [-0.2, 0) is 4.79 Å². The van der Waals surface area contributed by atoms with Crippen molar-refractivity contribution >= 4 is 17.6 Å². The summed E-state index contributed by atoms with van der Waals surface area (Å²) in [6, 6.07) is 6.19. The molecular weight excluding hydrogens is 268 g/mol. The molecule has 6 nitrogen and oxygen atoms in total. The Balaban J connectivity index is 2.57. The molecule has 116 valence electrons. The minimum Gasteiger partial charge on any atom is -0.352 e. The van der Waals surface area contributed by atoms with Crippen molar-refractivity contribution in [1.29, 1.82) is 0 Å². The molecule has 1 aromatic carbocycles. The number of hydrogen-bond donors (Lipinski definition) is 4. The molecule has 3 amide bonds. The molecule has 1 rings (SSSR count). The van der Waals surface area contributed by atoms with Crippen molar-refractivity contribution in [2.24, 2.45) is 5.73 Å². The second kappa shape index (κ2) is 7.64. The van der Waals surface area contributed by atoms with Gasteiger partial charge in [0.2, 0.25) is 5.91 Å². The maximum absolute atomic E-state index is 11.9. The zero-order valence-corrected chi connectivity index (χ0v) is 12.9. The molecule has 0 saturated heterocycles. The highest BCUT2D eigenvalue weighted by atomic mass is 16.2. The van der Waals surface area contributed by atoms with E-state index in [1.807, 2.05) is 39.0 Å². The molecule has 0 saturated carbocycles. The molecule has 2 atom stereocenters. The summed E-state index contributed by atoms with van der Waals surface area (Å²) in [4.78, 5) is 23.6. The quantitative estimate of drug-likeness (QED) is 0.665. The first-order chi connectivity index (χ1) is 9.79. The number of amides is 3. The van der Waals surface area contributed by atoms with Crippen molar-refractivity contribution in [2.45, 2.75) is 45.8 Å². The van der Waals surface area contributed by atoms with E-state index in [4.69, 9.17) is 5.73 Å². The van der Waals surface area contributed by atoms with Crippen LogP contribution in [0.4, 0.5) is 10.5 Å². The fraction of sp³-hybridized carbons (Fsp3) is 0.467. The standard InChI is InChI=1S/C15H24N4O2/c1-9(2)17-14(20)11(4)18-15(21)19-13-7-5-6-12(8-13)10(3)16/h5-11H,16H2,1-4H3,(H,17,20)(H2,18,19,21). The number of carbonyl (C=O) groups is 2. The van der Waals surface area contributed by atoms with Gasteiger partial charge in [0.25, 0.3) is 0 Å². The minimum absolute atomic E-state index is 0.0348. The van der Waals surface area contributed by atoms with Gasteiger partial charge in [-0.1, -0.05) is 12.1 Å². The summed E-state index contributed by atoms with van der Waals surface area (Å²) in [7, 11) is 0. The molecule has 0 aliphatic rings. The molecule has 0 bridgehead atoms. The van der Waals surface area contributed by atoms with Gasteiger partial charge >= 0.3 is 6.03 Å². The highest BCUT2D eigenvalue weighted by Crippen LogP contribution is 2.15. The number of carbonyl (C=O) groups excluding carboxylic acids is 2. The molecule has 0 heterocycles. The number of urea groups is 1. The van der Waals surface area contributed by atoms with Crippen molar-refractivity contribution in [2.75, 3.05) is 5.32 Å². The van der Waals surface area contributed by atoms with E-state index in [-0.39, 0.29) is 18.0 Å². The van der Waals surface area contributed by atoms with Crippen LogP contribution in [-0.4, -0.2) is 24.0 Å². The molecule has 0 aliphatic heterocycles. The van der Waals surface area contributed by atoms with Crippen LogP contribution in [0.1, 0.15) is 39.3 Å². The zero-order valence-electron chi connectivity index (χ0n) is 12.9. The first kappa shape index (κ1) is 17.0. The van der Waals surface area contributed by atoms with Gasteiger partial charge in [0, 0.05) is 17.8 Å². The van der Waals surface area contributed by atoms with E-state index < -0.39 is 12.1 Å². The normalized spacial score (nSPS) is 13.4. The highest BCUT2D eigenvalue weighted by Gasteiger charge is 2.16. The molecule has 21 heavy (non-hydrogen) atoms. The van der Waals surface area contributed by atoms with Gasteiger partial charge in [-0.15, -0.1) is 0 Å². The monoisotopic (exact) mass is 292 g/mol. The van der Waals surface area contributed by atoms with E-state index in [9.17, 15) is 9.59 Å². The van der Waals surface area contributed by atoms with Crippen LogP contribution in [0.3, 0.4) is 0 Å². The average molecular weight is 292 g/mol. The molecule has 2 unspecified atom stereocenters. The first-order valence-corrected chi connectivity index (χ1v) is 7.03. The SMILES string of the molecule is CC(C)NC(=O)C(C)NC(=O)Nc1cccc(C(C)N)c1. The van der Waals surface area contributed by atoms with E-state index in [0.29, 0.717) is 5.69 Å². The second-order valence-electron chi connectivity index (χ2n) is 5.40. The van der Waals surface area contributed by atoms with Gasteiger partial charge in [0.15, 0.2) is 0 Å². The predicted octanol–water partition coefficient (Wildman–Crippen LogP) is 1.74. The van der Waals surface area contributed by atoms with Crippen molar-refractivity contribution in [3.05, 3.63) is 29.8 Å². The number of anilines is 1. The van der Waals surface area contributed by atoms with Gasteiger partial charge in [0.1, 0.15) is 6.04 Å². The Labute approximate surface area is 125 Å². The third kappa shape index (κ3) is 5.83. The Bertz CT molecular complexity index is 500. The summed E-state index contributed by atoms with van der Waals surface area (Å²) in [5, 5.41) is 8.02. The average Bonchev–Trinajstić information content (AvgIpc) is 2.37. The van der Waals surface area contributed by atoms with Crippen LogP contribution in [0.2, 0.25) is 0 Å². The number of nitrogens with one attached hydrogen (secondary N) is 3. The van der Waals surface area contributed by atoms with Gasteiger partial charge in [-0.3, -0.25) is 4.79 Å². The first-order valence-electron chi connectivity index (χ1n) is 7.03. The lowest BCUT2D eigenvalue weighted by Gasteiger charge is -2.16. The van der Waals surface area contributed by atoms with Crippen molar-refractivity contribution in [3.63, 3.8) is 0 Å². The van der Waals surface area contributed by atoms with Crippen LogP contribution >= 0.6 is 0 Å². The predicted molar refractivity (Wildman–Crippen MR) is 83.9 cm³/mol. The van der Waals surface area contributed by atoms with E-state index in [1.165, 1.54) is 0 Å². The summed E-state index contributed by atoms with van der Waals surface area (Å²) in [5.41, 5.74) is 7.37. The molecule has 1 aromatic rings. The van der Waals surface area contributed by atoms with Crippen LogP contribution in [0.25, 0.3) is 0 Å². The van der Waals surface area contributed by atoms with Crippen molar-refractivity contribution < 1.29 is 9.59 Å². The van der Waals surface area contributed by atoms with E-state index in [1.54, 1.807) is 13.0 Å². The Morgan fingerprint density at radius 3 is 2.33 bits per heavy atom. The van der Waals surface area contributed by atoms with E-state index in [0.717, 1.165) is 5.56 Å². The number of hydrogen-bond acceptors (Lipinski definition) is 3. The minimum atomic E-state index is -0.607. The fourth-order valence-electron chi connectivity index (χ4n) is 1.74. The van der Waals surface area contributed by atoms with Gasteiger partial charge in [-0.2, -0.15) is 0 Å². The van der Waals surface area contributed by atoms with E-state index in [2.05, 4.69) is 16.0 Å². The van der Waals surface area contributed by atoms with Crippen LogP contribution in [0.5, 0.6) is 0 Å². The molecule has 6 heteroatoms. The van der Waals surface area contributed by atoms with Gasteiger partial charge in [-0.05, 0) is 45.4 Å². The maximum atomic E-state index is 11.9. The molecule has 0 fully saturated rings. The highest BCUT2D eigenvalue weighted by molar-refractivity contribution is 5.93.